The van der Waals surface area contributed by atoms with Crippen LogP contribution in [0.25, 0.3) is 0 Å². The monoisotopic (exact) mass is 331 g/mol. The molecule has 2 saturated heterocycles. The van der Waals surface area contributed by atoms with Gasteiger partial charge in [0, 0.05) is 12.6 Å². The van der Waals surface area contributed by atoms with E-state index in [9.17, 15) is 13.9 Å². The number of nitrogens with zero attached hydrogens (tertiary/aromatic N) is 1. The van der Waals surface area contributed by atoms with Crippen LogP contribution in [0.1, 0.15) is 31.2 Å². The van der Waals surface area contributed by atoms with Gasteiger partial charge in [-0.25, -0.2) is 8.78 Å². The SMILES string of the molecule is OC1(c2c(F)ccc(Br)c2F)CCN2CCCC2C1. The van der Waals surface area contributed by atoms with Crippen LogP contribution in [-0.2, 0) is 5.60 Å². The molecule has 5 heteroatoms. The summed E-state index contributed by atoms with van der Waals surface area (Å²) in [6.45, 7) is 1.73. The van der Waals surface area contributed by atoms with Crippen molar-refractivity contribution in [1.29, 1.82) is 0 Å². The second kappa shape index (κ2) is 4.79. The molecule has 2 unspecified atom stereocenters. The summed E-state index contributed by atoms with van der Waals surface area (Å²) in [6.07, 6.45) is 2.90. The van der Waals surface area contributed by atoms with Crippen molar-refractivity contribution in [2.45, 2.75) is 37.3 Å². The maximum Gasteiger partial charge on any atom is 0.146 e. The molecule has 0 aliphatic carbocycles. The van der Waals surface area contributed by atoms with E-state index in [2.05, 4.69) is 20.8 Å². The molecule has 2 fully saturated rings. The number of piperidine rings is 1. The van der Waals surface area contributed by atoms with Gasteiger partial charge in [0.2, 0.25) is 0 Å². The highest BCUT2D eigenvalue weighted by molar-refractivity contribution is 9.10. The average molecular weight is 332 g/mol. The number of aliphatic hydroxyl groups is 1. The minimum absolute atomic E-state index is 0.173. The molecular formula is C14H16BrF2NO. The highest BCUT2D eigenvalue weighted by Gasteiger charge is 2.44. The van der Waals surface area contributed by atoms with E-state index in [4.69, 9.17) is 0 Å². The average Bonchev–Trinajstić information content (AvgIpc) is 2.81. The Kier molecular flexibility index (Phi) is 3.39. The molecule has 3 rings (SSSR count). The van der Waals surface area contributed by atoms with Gasteiger partial charge >= 0.3 is 0 Å². The molecule has 0 aromatic heterocycles. The number of benzene rings is 1. The van der Waals surface area contributed by atoms with Crippen LogP contribution in [0.2, 0.25) is 0 Å². The summed E-state index contributed by atoms with van der Waals surface area (Å²) >= 11 is 3.06. The minimum atomic E-state index is -1.39. The predicted molar refractivity (Wildman–Crippen MR) is 71.8 cm³/mol. The van der Waals surface area contributed by atoms with Crippen LogP contribution in [0.15, 0.2) is 16.6 Å². The molecule has 0 saturated carbocycles. The molecule has 19 heavy (non-hydrogen) atoms. The largest absolute Gasteiger partial charge is 0.385 e. The molecule has 0 radical (unpaired) electrons. The summed E-state index contributed by atoms with van der Waals surface area (Å²) in [4.78, 5) is 2.31. The molecule has 0 amide bonds. The molecule has 104 valence electrons. The summed E-state index contributed by atoms with van der Waals surface area (Å²) in [5.74, 6) is -1.33. The van der Waals surface area contributed by atoms with Crippen molar-refractivity contribution in [3.63, 3.8) is 0 Å². The second-order valence-corrected chi connectivity index (χ2v) is 6.39. The number of hydrogen-bond acceptors (Lipinski definition) is 2. The number of rotatable bonds is 1. The van der Waals surface area contributed by atoms with E-state index in [1.807, 2.05) is 0 Å². The summed E-state index contributed by atoms with van der Waals surface area (Å²) in [6, 6.07) is 2.79. The molecule has 2 atom stereocenters. The Morgan fingerprint density at radius 3 is 2.89 bits per heavy atom. The fourth-order valence-electron chi connectivity index (χ4n) is 3.42. The van der Waals surface area contributed by atoms with Gasteiger partial charge in [0.15, 0.2) is 0 Å². The third-order valence-electron chi connectivity index (χ3n) is 4.39. The Bertz CT molecular complexity index is 510. The first-order valence-electron chi connectivity index (χ1n) is 6.62. The molecule has 2 heterocycles. The first-order chi connectivity index (χ1) is 9.01. The second-order valence-electron chi connectivity index (χ2n) is 5.54. The van der Waals surface area contributed by atoms with Gasteiger partial charge in [0.1, 0.15) is 11.6 Å². The van der Waals surface area contributed by atoms with Crippen molar-refractivity contribution in [2.75, 3.05) is 13.1 Å². The maximum atomic E-state index is 14.2. The van der Waals surface area contributed by atoms with Crippen molar-refractivity contribution in [3.8, 4) is 0 Å². The van der Waals surface area contributed by atoms with Crippen LogP contribution in [0.3, 0.4) is 0 Å². The molecule has 1 aromatic carbocycles. The lowest BCUT2D eigenvalue weighted by molar-refractivity contribution is -0.0458. The van der Waals surface area contributed by atoms with Gasteiger partial charge in [-0.2, -0.15) is 0 Å². The first kappa shape index (κ1) is 13.5. The predicted octanol–water partition coefficient (Wildman–Crippen LogP) is 3.17. The van der Waals surface area contributed by atoms with E-state index < -0.39 is 17.2 Å². The quantitative estimate of drug-likeness (QED) is 0.799. The van der Waals surface area contributed by atoms with Crippen molar-refractivity contribution in [3.05, 3.63) is 33.8 Å². The van der Waals surface area contributed by atoms with Crippen molar-refractivity contribution in [2.24, 2.45) is 0 Å². The van der Waals surface area contributed by atoms with Gasteiger partial charge in [-0.3, -0.25) is 0 Å². The topological polar surface area (TPSA) is 23.5 Å². The molecule has 0 bridgehead atoms. The van der Waals surface area contributed by atoms with Gasteiger partial charge in [-0.05, 0) is 60.3 Å². The summed E-state index contributed by atoms with van der Waals surface area (Å²) in [5.41, 5.74) is -1.56. The Morgan fingerprint density at radius 1 is 1.32 bits per heavy atom. The molecule has 2 nitrogen and oxygen atoms in total. The molecule has 1 aromatic rings. The lowest BCUT2D eigenvalue weighted by Crippen LogP contribution is -2.46. The molecular weight excluding hydrogens is 316 g/mol. The maximum absolute atomic E-state index is 14.2. The van der Waals surface area contributed by atoms with Crippen LogP contribution in [0.5, 0.6) is 0 Å². The molecule has 2 aliphatic rings. The lowest BCUT2D eigenvalue weighted by atomic mass is 9.80. The summed E-state index contributed by atoms with van der Waals surface area (Å²) < 4.78 is 28.3. The van der Waals surface area contributed by atoms with E-state index in [-0.39, 0.29) is 16.1 Å². The Hall–Kier alpha value is -0.520. The van der Waals surface area contributed by atoms with Gasteiger partial charge in [0.25, 0.3) is 0 Å². The van der Waals surface area contributed by atoms with Crippen LogP contribution >= 0.6 is 15.9 Å². The van der Waals surface area contributed by atoms with Crippen molar-refractivity contribution >= 4 is 15.9 Å². The first-order valence-corrected chi connectivity index (χ1v) is 7.41. The van der Waals surface area contributed by atoms with Crippen LogP contribution in [0.4, 0.5) is 8.78 Å². The standard InChI is InChI=1S/C14H16BrF2NO/c15-10-3-4-11(16)12(13(10)17)14(19)5-7-18-6-1-2-9(18)8-14/h3-4,9,19H,1-2,5-8H2. The van der Waals surface area contributed by atoms with Gasteiger partial charge in [-0.1, -0.05) is 0 Å². The molecule has 2 aliphatic heterocycles. The van der Waals surface area contributed by atoms with Gasteiger partial charge < -0.3 is 10.0 Å². The Morgan fingerprint density at radius 2 is 2.11 bits per heavy atom. The fourth-order valence-corrected chi connectivity index (χ4v) is 3.75. The van der Waals surface area contributed by atoms with Gasteiger partial charge in [-0.15, -0.1) is 0 Å². The zero-order valence-corrected chi connectivity index (χ0v) is 12.1. The molecule has 1 N–H and O–H groups in total. The highest BCUT2D eigenvalue weighted by atomic mass is 79.9. The zero-order valence-electron chi connectivity index (χ0n) is 10.5. The zero-order chi connectivity index (χ0) is 13.6. The number of hydrogen-bond donors (Lipinski definition) is 1. The minimum Gasteiger partial charge on any atom is -0.385 e. The van der Waals surface area contributed by atoms with E-state index in [1.165, 1.54) is 12.1 Å². The summed E-state index contributed by atoms with van der Waals surface area (Å²) in [5, 5.41) is 10.7. The summed E-state index contributed by atoms with van der Waals surface area (Å²) in [7, 11) is 0. The normalized spacial score (nSPS) is 31.5. The number of fused-ring (bicyclic) bond motifs is 1. The van der Waals surface area contributed by atoms with Crippen LogP contribution in [0, 0.1) is 11.6 Å². The van der Waals surface area contributed by atoms with E-state index >= 15 is 0 Å². The van der Waals surface area contributed by atoms with E-state index in [1.54, 1.807) is 0 Å². The van der Waals surface area contributed by atoms with Crippen molar-refractivity contribution < 1.29 is 13.9 Å². The van der Waals surface area contributed by atoms with E-state index in [0.717, 1.165) is 19.4 Å². The van der Waals surface area contributed by atoms with Gasteiger partial charge in [0.05, 0.1) is 15.6 Å². The van der Waals surface area contributed by atoms with E-state index in [0.29, 0.717) is 19.4 Å². The fraction of sp³-hybridized carbons (Fsp3) is 0.571. The Labute approximate surface area is 119 Å². The smallest absolute Gasteiger partial charge is 0.146 e. The van der Waals surface area contributed by atoms with Crippen molar-refractivity contribution in [1.82, 2.24) is 4.90 Å². The lowest BCUT2D eigenvalue weighted by Gasteiger charge is -2.41. The Balaban J connectivity index is 1.99. The highest BCUT2D eigenvalue weighted by Crippen LogP contribution is 2.42. The third-order valence-corrected chi connectivity index (χ3v) is 5.01. The molecule has 0 spiro atoms. The van der Waals surface area contributed by atoms with Crippen LogP contribution in [-0.4, -0.2) is 29.1 Å². The number of halogens is 3. The third kappa shape index (κ3) is 2.22. The van der Waals surface area contributed by atoms with Crippen LogP contribution < -0.4 is 0 Å².